The SMILES string of the molecule is O=S(=O)(Cl)c1ccc2c3c(ccc2c1)C1=C(CCC=C1)CC3. The Morgan fingerprint density at radius 1 is 1.00 bits per heavy atom. The van der Waals surface area contributed by atoms with E-state index in [1.807, 2.05) is 12.1 Å². The first-order valence-electron chi connectivity index (χ1n) is 7.43. The van der Waals surface area contributed by atoms with Gasteiger partial charge < -0.3 is 0 Å². The van der Waals surface area contributed by atoms with Crippen LogP contribution >= 0.6 is 10.7 Å². The van der Waals surface area contributed by atoms with Crippen LogP contribution in [-0.2, 0) is 15.5 Å². The third kappa shape index (κ3) is 2.20. The van der Waals surface area contributed by atoms with Crippen LogP contribution in [-0.4, -0.2) is 8.42 Å². The lowest BCUT2D eigenvalue weighted by atomic mass is 9.79. The smallest absolute Gasteiger partial charge is 0.207 e. The van der Waals surface area contributed by atoms with Crippen LogP contribution in [0.2, 0.25) is 0 Å². The lowest BCUT2D eigenvalue weighted by molar-refractivity contribution is 0.609. The monoisotopic (exact) mass is 330 g/mol. The lowest BCUT2D eigenvalue weighted by Crippen LogP contribution is -2.07. The first kappa shape index (κ1) is 14.0. The molecule has 0 unspecified atom stereocenters. The largest absolute Gasteiger partial charge is 0.261 e. The first-order chi connectivity index (χ1) is 10.5. The Labute approximate surface area is 134 Å². The van der Waals surface area contributed by atoms with Crippen molar-refractivity contribution in [2.24, 2.45) is 0 Å². The summed E-state index contributed by atoms with van der Waals surface area (Å²) in [5.41, 5.74) is 5.53. The molecule has 0 heterocycles. The molecule has 0 radical (unpaired) electrons. The van der Waals surface area contributed by atoms with Crippen molar-refractivity contribution >= 4 is 36.1 Å². The average molecular weight is 331 g/mol. The molecule has 0 aromatic heterocycles. The normalized spacial score (nSPS) is 17.5. The minimum Gasteiger partial charge on any atom is -0.207 e. The second-order valence-electron chi connectivity index (χ2n) is 5.87. The Hall–Kier alpha value is -1.58. The number of hydrogen-bond donors (Lipinski definition) is 0. The van der Waals surface area contributed by atoms with E-state index in [0.29, 0.717) is 0 Å². The summed E-state index contributed by atoms with van der Waals surface area (Å²) < 4.78 is 23.0. The number of hydrogen-bond acceptors (Lipinski definition) is 2. The van der Waals surface area contributed by atoms with E-state index in [2.05, 4.69) is 18.2 Å². The van der Waals surface area contributed by atoms with Crippen LogP contribution in [0.15, 0.2) is 53.0 Å². The summed E-state index contributed by atoms with van der Waals surface area (Å²) in [7, 11) is 1.77. The second-order valence-corrected chi connectivity index (χ2v) is 8.44. The zero-order valence-electron chi connectivity index (χ0n) is 12.0. The predicted molar refractivity (Wildman–Crippen MR) is 90.6 cm³/mol. The van der Waals surface area contributed by atoms with Gasteiger partial charge in [-0.25, -0.2) is 8.42 Å². The Kier molecular flexibility index (Phi) is 3.17. The van der Waals surface area contributed by atoms with Crippen LogP contribution in [0.25, 0.3) is 16.3 Å². The molecule has 0 atom stereocenters. The fourth-order valence-corrected chi connectivity index (χ4v) is 4.36. The number of halogens is 1. The average Bonchev–Trinajstić information content (AvgIpc) is 2.52. The van der Waals surface area contributed by atoms with E-state index in [1.165, 1.54) is 16.7 Å². The van der Waals surface area contributed by atoms with E-state index >= 15 is 0 Å². The van der Waals surface area contributed by atoms with Gasteiger partial charge in [-0.2, -0.15) is 0 Å². The molecule has 2 aliphatic rings. The van der Waals surface area contributed by atoms with Crippen LogP contribution < -0.4 is 0 Å². The summed E-state index contributed by atoms with van der Waals surface area (Å²) in [5, 5.41) is 2.07. The zero-order chi connectivity index (χ0) is 15.3. The Morgan fingerprint density at radius 2 is 1.86 bits per heavy atom. The molecule has 4 rings (SSSR count). The molecule has 2 aromatic carbocycles. The van der Waals surface area contributed by atoms with E-state index in [9.17, 15) is 8.42 Å². The van der Waals surface area contributed by atoms with Gasteiger partial charge in [-0.15, -0.1) is 0 Å². The van der Waals surface area contributed by atoms with E-state index in [4.69, 9.17) is 10.7 Å². The van der Waals surface area contributed by atoms with Crippen LogP contribution in [0, 0.1) is 0 Å². The molecule has 22 heavy (non-hydrogen) atoms. The van der Waals surface area contributed by atoms with Gasteiger partial charge >= 0.3 is 0 Å². The van der Waals surface area contributed by atoms with Gasteiger partial charge in [0.2, 0.25) is 0 Å². The minimum atomic E-state index is -3.68. The lowest BCUT2D eigenvalue weighted by Gasteiger charge is -2.25. The van der Waals surface area contributed by atoms with E-state index in [-0.39, 0.29) is 4.90 Å². The minimum absolute atomic E-state index is 0.162. The molecule has 0 fully saturated rings. The summed E-state index contributed by atoms with van der Waals surface area (Å²) in [4.78, 5) is 0.162. The summed E-state index contributed by atoms with van der Waals surface area (Å²) in [6.45, 7) is 0. The maximum atomic E-state index is 11.5. The molecule has 0 amide bonds. The highest BCUT2D eigenvalue weighted by molar-refractivity contribution is 8.13. The van der Waals surface area contributed by atoms with Crippen LogP contribution in [0.3, 0.4) is 0 Å². The molecule has 0 N–H and O–H groups in total. The van der Waals surface area contributed by atoms with Gasteiger partial charge in [-0.3, -0.25) is 0 Å². The molecule has 4 heteroatoms. The molecular weight excluding hydrogens is 316 g/mol. The number of aryl methyl sites for hydroxylation is 1. The fraction of sp³-hybridized carbons (Fsp3) is 0.222. The molecule has 0 spiro atoms. The summed E-state index contributed by atoms with van der Waals surface area (Å²) in [5.74, 6) is 0. The van der Waals surface area contributed by atoms with Gasteiger partial charge in [0.05, 0.1) is 4.90 Å². The highest BCUT2D eigenvalue weighted by Crippen LogP contribution is 2.40. The maximum Gasteiger partial charge on any atom is 0.261 e. The molecular formula is C18H15ClO2S. The molecule has 2 aromatic rings. The van der Waals surface area contributed by atoms with Gasteiger partial charge in [0, 0.05) is 10.7 Å². The van der Waals surface area contributed by atoms with Crippen LogP contribution in [0.5, 0.6) is 0 Å². The molecule has 0 aliphatic heterocycles. The van der Waals surface area contributed by atoms with Crippen molar-refractivity contribution in [2.75, 3.05) is 0 Å². The van der Waals surface area contributed by atoms with Crippen LogP contribution in [0.1, 0.15) is 30.4 Å². The van der Waals surface area contributed by atoms with Crippen molar-refractivity contribution in [1.29, 1.82) is 0 Å². The van der Waals surface area contributed by atoms with Crippen molar-refractivity contribution in [3.63, 3.8) is 0 Å². The Morgan fingerprint density at radius 3 is 2.68 bits per heavy atom. The van der Waals surface area contributed by atoms with Crippen molar-refractivity contribution < 1.29 is 8.42 Å². The summed E-state index contributed by atoms with van der Waals surface area (Å²) in [6, 6.07) is 9.27. The van der Waals surface area contributed by atoms with Gasteiger partial charge in [0.1, 0.15) is 0 Å². The second kappa shape index (κ2) is 4.97. The number of benzene rings is 2. The quantitative estimate of drug-likeness (QED) is 0.703. The van der Waals surface area contributed by atoms with Gasteiger partial charge in [0.25, 0.3) is 9.05 Å². The van der Waals surface area contributed by atoms with Gasteiger partial charge in [-0.1, -0.05) is 35.9 Å². The Bertz CT molecular complexity index is 952. The zero-order valence-corrected chi connectivity index (χ0v) is 13.5. The first-order valence-corrected chi connectivity index (χ1v) is 9.74. The van der Waals surface area contributed by atoms with Gasteiger partial charge in [0.15, 0.2) is 0 Å². The third-order valence-electron chi connectivity index (χ3n) is 4.63. The Balaban J connectivity index is 1.95. The molecule has 0 bridgehead atoms. The van der Waals surface area contributed by atoms with Crippen LogP contribution in [0.4, 0.5) is 0 Å². The van der Waals surface area contributed by atoms with Crippen molar-refractivity contribution in [1.82, 2.24) is 0 Å². The molecule has 0 saturated heterocycles. The van der Waals surface area contributed by atoms with E-state index in [0.717, 1.165) is 36.5 Å². The van der Waals surface area contributed by atoms with Gasteiger partial charge in [-0.05, 0) is 65.3 Å². The number of fused-ring (bicyclic) bond motifs is 4. The topological polar surface area (TPSA) is 34.1 Å². The summed E-state index contributed by atoms with van der Waals surface area (Å²) >= 11 is 0. The third-order valence-corrected chi connectivity index (χ3v) is 5.98. The van der Waals surface area contributed by atoms with Crippen molar-refractivity contribution in [3.05, 3.63) is 59.2 Å². The molecule has 112 valence electrons. The highest BCUT2D eigenvalue weighted by Gasteiger charge is 2.21. The standard InChI is InChI=1S/C18H15ClO2S/c19-22(20,21)14-7-10-16-13(11-14)6-9-17-15-4-2-1-3-12(15)5-8-18(16)17/h2,4,6-7,9-11H,1,3,5,8H2. The number of allylic oxidation sites excluding steroid dienone is 4. The van der Waals surface area contributed by atoms with Crippen molar-refractivity contribution in [2.45, 2.75) is 30.6 Å². The van der Waals surface area contributed by atoms with Crippen molar-refractivity contribution in [3.8, 4) is 0 Å². The molecule has 0 saturated carbocycles. The molecule has 2 aliphatic carbocycles. The summed E-state index contributed by atoms with van der Waals surface area (Å²) in [6.07, 6.45) is 8.89. The van der Waals surface area contributed by atoms with E-state index < -0.39 is 9.05 Å². The predicted octanol–water partition coefficient (Wildman–Crippen LogP) is 4.82. The number of rotatable bonds is 1. The fourth-order valence-electron chi connectivity index (χ4n) is 3.57. The maximum absolute atomic E-state index is 11.5. The van der Waals surface area contributed by atoms with E-state index in [1.54, 1.807) is 17.7 Å². The highest BCUT2D eigenvalue weighted by atomic mass is 35.7. The molecule has 2 nitrogen and oxygen atoms in total.